The number of carbonyl (C=O) groups excluding carboxylic acids is 1. The zero-order valence-corrected chi connectivity index (χ0v) is 18.3. The van der Waals surface area contributed by atoms with Gasteiger partial charge in [-0.05, 0) is 68.0 Å². The van der Waals surface area contributed by atoms with Crippen LogP contribution in [0.15, 0.2) is 47.4 Å². The van der Waals surface area contributed by atoms with Crippen molar-refractivity contribution in [2.45, 2.75) is 57.4 Å². The molecule has 0 unspecified atom stereocenters. The molecule has 1 fully saturated rings. The zero-order chi connectivity index (χ0) is 21.0. The fourth-order valence-corrected chi connectivity index (χ4v) is 5.26. The predicted molar refractivity (Wildman–Crippen MR) is 115 cm³/mol. The van der Waals surface area contributed by atoms with E-state index in [1.807, 2.05) is 13.0 Å². The summed E-state index contributed by atoms with van der Waals surface area (Å²) in [5, 5.41) is 3.06. The Bertz CT molecular complexity index is 979. The summed E-state index contributed by atoms with van der Waals surface area (Å²) in [5.74, 6) is -0.259. The van der Waals surface area contributed by atoms with Crippen molar-refractivity contribution in [1.29, 1.82) is 0 Å². The van der Waals surface area contributed by atoms with Gasteiger partial charge in [0.2, 0.25) is 10.0 Å². The topological polar surface area (TPSA) is 66.5 Å². The molecule has 0 spiro atoms. The van der Waals surface area contributed by atoms with Crippen LogP contribution < -0.4 is 5.32 Å². The highest BCUT2D eigenvalue weighted by molar-refractivity contribution is 7.89. The minimum atomic E-state index is -3.56. The Labute approximate surface area is 174 Å². The van der Waals surface area contributed by atoms with Gasteiger partial charge in [0, 0.05) is 18.7 Å². The third-order valence-corrected chi connectivity index (χ3v) is 7.59. The summed E-state index contributed by atoms with van der Waals surface area (Å²) >= 11 is 0. The van der Waals surface area contributed by atoms with E-state index >= 15 is 0 Å². The second kappa shape index (κ2) is 9.09. The smallest absolute Gasteiger partial charge is 0.251 e. The monoisotopic (exact) mass is 414 g/mol. The molecular weight excluding hydrogens is 384 g/mol. The van der Waals surface area contributed by atoms with Crippen LogP contribution >= 0.6 is 0 Å². The summed E-state index contributed by atoms with van der Waals surface area (Å²) in [4.78, 5) is 13.1. The molecule has 0 aromatic heterocycles. The first-order chi connectivity index (χ1) is 13.8. The maximum absolute atomic E-state index is 12.9. The first kappa shape index (κ1) is 21.5. The summed E-state index contributed by atoms with van der Waals surface area (Å²) < 4.78 is 27.4. The van der Waals surface area contributed by atoms with Crippen molar-refractivity contribution >= 4 is 15.9 Å². The molecule has 0 aliphatic carbocycles. The molecule has 1 aliphatic rings. The second-order valence-electron chi connectivity index (χ2n) is 7.77. The number of nitrogens with one attached hydrogen (secondary N) is 1. The fraction of sp³-hybridized carbons (Fsp3) is 0.435. The fourth-order valence-electron chi connectivity index (χ4n) is 3.70. The molecule has 0 radical (unpaired) electrons. The van der Waals surface area contributed by atoms with Gasteiger partial charge in [-0.15, -0.1) is 0 Å². The lowest BCUT2D eigenvalue weighted by molar-refractivity contribution is 0.0935. The van der Waals surface area contributed by atoms with Crippen LogP contribution in [-0.2, 0) is 10.0 Å². The lowest BCUT2D eigenvalue weighted by Gasteiger charge is -2.26. The van der Waals surface area contributed by atoms with E-state index in [0.29, 0.717) is 18.7 Å². The number of nitrogens with zero attached hydrogens (tertiary/aromatic N) is 1. The average molecular weight is 415 g/mol. The molecule has 1 atom stereocenters. The van der Waals surface area contributed by atoms with Crippen LogP contribution in [0.2, 0.25) is 0 Å². The van der Waals surface area contributed by atoms with E-state index in [1.165, 1.54) is 21.5 Å². The molecule has 0 bridgehead atoms. The number of sulfonamides is 1. The van der Waals surface area contributed by atoms with Gasteiger partial charge in [-0.3, -0.25) is 4.79 Å². The number of hydrogen-bond donors (Lipinski definition) is 1. The SMILES string of the molecule is CC[C@@H](NC(=O)c1cccc(S(=O)(=O)N2CCCCC2)c1)c1ccc(C)c(C)c1. The molecular formula is C23H30N2O3S. The van der Waals surface area contributed by atoms with Crippen LogP contribution in [0.4, 0.5) is 0 Å². The van der Waals surface area contributed by atoms with E-state index in [1.54, 1.807) is 18.2 Å². The Morgan fingerprint density at radius 3 is 2.41 bits per heavy atom. The van der Waals surface area contributed by atoms with E-state index < -0.39 is 10.0 Å². The second-order valence-corrected chi connectivity index (χ2v) is 9.71. The third-order valence-electron chi connectivity index (χ3n) is 5.70. The third kappa shape index (κ3) is 4.87. The molecule has 1 heterocycles. The number of carbonyl (C=O) groups is 1. The van der Waals surface area contributed by atoms with Crippen molar-refractivity contribution in [2.24, 2.45) is 0 Å². The van der Waals surface area contributed by atoms with Crippen molar-refractivity contribution < 1.29 is 13.2 Å². The average Bonchev–Trinajstić information content (AvgIpc) is 2.74. The summed E-state index contributed by atoms with van der Waals surface area (Å²) in [5.41, 5.74) is 3.82. The van der Waals surface area contributed by atoms with Crippen LogP contribution in [0.5, 0.6) is 0 Å². The minimum Gasteiger partial charge on any atom is -0.345 e. The zero-order valence-electron chi connectivity index (χ0n) is 17.4. The van der Waals surface area contributed by atoms with Crippen LogP contribution in [0, 0.1) is 13.8 Å². The molecule has 2 aromatic carbocycles. The van der Waals surface area contributed by atoms with E-state index in [-0.39, 0.29) is 16.8 Å². The highest BCUT2D eigenvalue weighted by atomic mass is 32.2. The maximum Gasteiger partial charge on any atom is 0.251 e. The molecule has 6 heteroatoms. The van der Waals surface area contributed by atoms with E-state index in [2.05, 4.69) is 31.3 Å². The summed E-state index contributed by atoms with van der Waals surface area (Å²) in [7, 11) is -3.56. The largest absolute Gasteiger partial charge is 0.345 e. The van der Waals surface area contributed by atoms with Gasteiger partial charge in [0.1, 0.15) is 0 Å². The lowest BCUT2D eigenvalue weighted by Crippen LogP contribution is -2.35. The van der Waals surface area contributed by atoms with Crippen LogP contribution in [0.25, 0.3) is 0 Å². The van der Waals surface area contributed by atoms with Crippen LogP contribution in [0.1, 0.15) is 65.7 Å². The number of rotatable bonds is 6. The van der Waals surface area contributed by atoms with Crippen molar-refractivity contribution in [1.82, 2.24) is 9.62 Å². The highest BCUT2D eigenvalue weighted by Gasteiger charge is 2.26. The molecule has 1 aliphatic heterocycles. The van der Waals surface area contributed by atoms with Crippen molar-refractivity contribution in [2.75, 3.05) is 13.1 Å². The minimum absolute atomic E-state index is 0.121. The van der Waals surface area contributed by atoms with Gasteiger partial charge in [-0.1, -0.05) is 37.6 Å². The first-order valence-electron chi connectivity index (χ1n) is 10.3. The molecule has 2 aromatic rings. The quantitative estimate of drug-likeness (QED) is 0.764. The maximum atomic E-state index is 12.9. The van der Waals surface area contributed by atoms with Gasteiger partial charge < -0.3 is 5.32 Å². The van der Waals surface area contributed by atoms with Crippen LogP contribution in [-0.4, -0.2) is 31.7 Å². The van der Waals surface area contributed by atoms with Gasteiger partial charge in [0.05, 0.1) is 10.9 Å². The predicted octanol–water partition coefficient (Wildman–Crippen LogP) is 4.36. The number of hydrogen-bond acceptors (Lipinski definition) is 3. The van der Waals surface area contributed by atoms with Crippen LogP contribution in [0.3, 0.4) is 0 Å². The molecule has 3 rings (SSSR count). The Morgan fingerprint density at radius 2 is 1.76 bits per heavy atom. The standard InChI is InChI=1S/C23H30N2O3S/c1-4-22(19-12-11-17(2)18(3)15-19)24-23(26)20-9-8-10-21(16-20)29(27,28)25-13-6-5-7-14-25/h8-12,15-16,22H,4-7,13-14H2,1-3H3,(H,24,26)/t22-/m1/s1. The Kier molecular flexibility index (Phi) is 6.75. The first-order valence-corrected chi connectivity index (χ1v) is 11.7. The Hall–Kier alpha value is -2.18. The van der Waals surface area contributed by atoms with E-state index in [9.17, 15) is 13.2 Å². The molecule has 1 saturated heterocycles. The Morgan fingerprint density at radius 1 is 1.03 bits per heavy atom. The lowest BCUT2D eigenvalue weighted by atomic mass is 9.99. The van der Waals surface area contributed by atoms with Crippen molar-refractivity contribution in [3.63, 3.8) is 0 Å². The molecule has 5 nitrogen and oxygen atoms in total. The van der Waals surface area contributed by atoms with E-state index in [4.69, 9.17) is 0 Å². The van der Waals surface area contributed by atoms with Gasteiger partial charge in [-0.2, -0.15) is 4.31 Å². The number of benzene rings is 2. The normalized spacial score (nSPS) is 16.4. The number of piperidine rings is 1. The summed E-state index contributed by atoms with van der Waals surface area (Å²) in [6.07, 6.45) is 3.58. The van der Waals surface area contributed by atoms with Crippen molar-refractivity contribution in [3.05, 3.63) is 64.7 Å². The van der Waals surface area contributed by atoms with Gasteiger partial charge in [-0.25, -0.2) is 8.42 Å². The summed E-state index contributed by atoms with van der Waals surface area (Å²) in [6.45, 7) is 7.24. The molecule has 1 N–H and O–H groups in total. The molecule has 29 heavy (non-hydrogen) atoms. The summed E-state index contributed by atoms with van der Waals surface area (Å²) in [6, 6.07) is 12.4. The van der Waals surface area contributed by atoms with Gasteiger partial charge in [0.15, 0.2) is 0 Å². The highest BCUT2D eigenvalue weighted by Crippen LogP contribution is 2.23. The molecule has 1 amide bonds. The van der Waals surface area contributed by atoms with Crippen molar-refractivity contribution in [3.8, 4) is 0 Å². The van der Waals surface area contributed by atoms with E-state index in [0.717, 1.165) is 31.2 Å². The number of amides is 1. The van der Waals surface area contributed by atoms with Gasteiger partial charge in [0.25, 0.3) is 5.91 Å². The molecule has 0 saturated carbocycles. The molecule has 156 valence electrons. The number of aryl methyl sites for hydroxylation is 2. The van der Waals surface area contributed by atoms with Gasteiger partial charge >= 0.3 is 0 Å². The Balaban J connectivity index is 1.80.